The summed E-state index contributed by atoms with van der Waals surface area (Å²) in [6, 6.07) is 7.40. The number of benzene rings is 1. The summed E-state index contributed by atoms with van der Waals surface area (Å²) < 4.78 is 30.8. The van der Waals surface area contributed by atoms with Crippen LogP contribution in [0.3, 0.4) is 0 Å². The molecule has 0 atom stereocenters. The predicted octanol–water partition coefficient (Wildman–Crippen LogP) is 0.692. The molecule has 0 saturated heterocycles. The lowest BCUT2D eigenvalue weighted by molar-refractivity contribution is 0.274. The molecule has 0 aliphatic carbocycles. The second-order valence-electron chi connectivity index (χ2n) is 2.70. The molecule has 0 aromatic heterocycles. The first-order valence-corrected chi connectivity index (χ1v) is 5.88. The summed E-state index contributed by atoms with van der Waals surface area (Å²) in [7, 11) is -2.07. The van der Waals surface area contributed by atoms with Crippen molar-refractivity contribution in [2.24, 2.45) is 0 Å². The molecular weight excluding hydrogens is 220 g/mol. The highest BCUT2D eigenvalue weighted by molar-refractivity contribution is 7.85. The van der Waals surface area contributed by atoms with E-state index in [-0.39, 0.29) is 6.61 Å². The zero-order chi connectivity index (χ0) is 11.9. The molecule has 0 aliphatic rings. The SMILES string of the molecule is COc1ccccc1CO.CS(=O)(=O)O. The van der Waals surface area contributed by atoms with Crippen LogP contribution < -0.4 is 4.74 Å². The van der Waals surface area contributed by atoms with Crippen LogP contribution in [0.4, 0.5) is 0 Å². The average Bonchev–Trinajstić information content (AvgIpc) is 2.15. The lowest BCUT2D eigenvalue weighted by atomic mass is 10.2. The van der Waals surface area contributed by atoms with Crippen molar-refractivity contribution in [1.29, 1.82) is 0 Å². The van der Waals surface area contributed by atoms with E-state index in [0.717, 1.165) is 11.3 Å². The van der Waals surface area contributed by atoms with Gasteiger partial charge in [0.2, 0.25) is 0 Å². The van der Waals surface area contributed by atoms with Gasteiger partial charge in [0.15, 0.2) is 0 Å². The summed E-state index contributed by atoms with van der Waals surface area (Å²) in [5.74, 6) is 0.741. The summed E-state index contributed by atoms with van der Waals surface area (Å²) in [5.41, 5.74) is 0.824. The smallest absolute Gasteiger partial charge is 0.261 e. The van der Waals surface area contributed by atoms with Gasteiger partial charge in [0.25, 0.3) is 10.1 Å². The van der Waals surface area contributed by atoms with Gasteiger partial charge in [-0.25, -0.2) is 0 Å². The van der Waals surface area contributed by atoms with Gasteiger partial charge in [-0.1, -0.05) is 18.2 Å². The molecule has 0 fully saturated rings. The van der Waals surface area contributed by atoms with Crippen LogP contribution in [-0.4, -0.2) is 31.4 Å². The summed E-state index contributed by atoms with van der Waals surface area (Å²) >= 11 is 0. The Kier molecular flexibility index (Phi) is 5.92. The van der Waals surface area contributed by atoms with Crippen molar-refractivity contribution < 1.29 is 22.8 Å². The van der Waals surface area contributed by atoms with Crippen molar-refractivity contribution in [3.8, 4) is 5.75 Å². The van der Waals surface area contributed by atoms with E-state index in [9.17, 15) is 8.42 Å². The van der Waals surface area contributed by atoms with E-state index in [1.807, 2.05) is 24.3 Å². The first kappa shape index (κ1) is 13.9. The van der Waals surface area contributed by atoms with Crippen LogP contribution in [0.1, 0.15) is 5.56 Å². The van der Waals surface area contributed by atoms with Crippen LogP contribution in [-0.2, 0) is 16.7 Å². The highest BCUT2D eigenvalue weighted by Gasteiger charge is 1.96. The maximum atomic E-state index is 9.19. The standard InChI is InChI=1S/C8H10O2.CH4O3S/c1-10-8-5-3-2-4-7(8)6-9;1-5(2,3)4/h2-5,9H,6H2,1H3;1H3,(H,2,3,4). The highest BCUT2D eigenvalue weighted by Crippen LogP contribution is 2.16. The van der Waals surface area contributed by atoms with E-state index < -0.39 is 10.1 Å². The molecule has 86 valence electrons. The maximum Gasteiger partial charge on any atom is 0.261 e. The molecule has 2 N–H and O–H groups in total. The van der Waals surface area contributed by atoms with Crippen LogP contribution in [0, 0.1) is 0 Å². The summed E-state index contributed by atoms with van der Waals surface area (Å²) in [4.78, 5) is 0. The second-order valence-corrected chi connectivity index (χ2v) is 4.17. The minimum atomic E-state index is -3.67. The van der Waals surface area contributed by atoms with Gasteiger partial charge in [0.05, 0.1) is 20.0 Å². The Labute approximate surface area is 89.1 Å². The number of hydrogen-bond acceptors (Lipinski definition) is 4. The third-order valence-electron chi connectivity index (χ3n) is 1.36. The molecule has 1 aromatic rings. The van der Waals surface area contributed by atoms with E-state index in [0.29, 0.717) is 6.26 Å². The number of hydrogen-bond donors (Lipinski definition) is 2. The van der Waals surface area contributed by atoms with Crippen molar-refractivity contribution in [2.75, 3.05) is 13.4 Å². The molecule has 0 radical (unpaired) electrons. The molecule has 0 heterocycles. The number of aliphatic hydroxyl groups is 1. The molecular formula is C9H14O5S. The molecule has 15 heavy (non-hydrogen) atoms. The lowest BCUT2D eigenvalue weighted by Gasteiger charge is -2.03. The van der Waals surface area contributed by atoms with E-state index in [1.165, 1.54) is 0 Å². The Morgan fingerprint density at radius 1 is 1.33 bits per heavy atom. The maximum absolute atomic E-state index is 9.19. The Balaban J connectivity index is 0.000000336. The van der Waals surface area contributed by atoms with Gasteiger partial charge < -0.3 is 9.84 Å². The van der Waals surface area contributed by atoms with Crippen LogP contribution in [0.2, 0.25) is 0 Å². The zero-order valence-electron chi connectivity index (χ0n) is 8.54. The van der Waals surface area contributed by atoms with Gasteiger partial charge in [-0.05, 0) is 6.07 Å². The fraction of sp³-hybridized carbons (Fsp3) is 0.333. The molecule has 0 aliphatic heterocycles. The Bertz CT molecular complexity index is 354. The van der Waals surface area contributed by atoms with E-state index in [1.54, 1.807) is 7.11 Å². The zero-order valence-corrected chi connectivity index (χ0v) is 9.36. The summed E-state index contributed by atoms with van der Waals surface area (Å²) in [5, 5.41) is 8.77. The average molecular weight is 234 g/mol. The fourth-order valence-corrected chi connectivity index (χ4v) is 0.834. The van der Waals surface area contributed by atoms with E-state index in [2.05, 4.69) is 0 Å². The summed E-state index contributed by atoms with van der Waals surface area (Å²) in [6.07, 6.45) is 0.715. The second kappa shape index (κ2) is 6.39. The molecule has 0 spiro atoms. The number of para-hydroxylation sites is 1. The quantitative estimate of drug-likeness (QED) is 0.735. The number of methoxy groups -OCH3 is 1. The first-order chi connectivity index (χ1) is 6.88. The Hall–Kier alpha value is -1.11. The number of ether oxygens (including phenoxy) is 1. The molecule has 1 rings (SSSR count). The monoisotopic (exact) mass is 234 g/mol. The normalized spacial score (nSPS) is 10.1. The van der Waals surface area contributed by atoms with Crippen LogP contribution >= 0.6 is 0 Å². The van der Waals surface area contributed by atoms with Crippen molar-refractivity contribution in [3.63, 3.8) is 0 Å². The van der Waals surface area contributed by atoms with Crippen molar-refractivity contribution in [2.45, 2.75) is 6.61 Å². The fourth-order valence-electron chi connectivity index (χ4n) is 0.834. The third kappa shape index (κ3) is 7.92. The molecule has 0 amide bonds. The lowest BCUT2D eigenvalue weighted by Crippen LogP contribution is -1.89. The Morgan fingerprint density at radius 2 is 1.80 bits per heavy atom. The van der Waals surface area contributed by atoms with Gasteiger partial charge in [0.1, 0.15) is 5.75 Å². The van der Waals surface area contributed by atoms with Crippen LogP contribution in [0.5, 0.6) is 5.75 Å². The molecule has 0 unspecified atom stereocenters. The molecule has 0 saturated carbocycles. The van der Waals surface area contributed by atoms with Gasteiger partial charge in [-0.3, -0.25) is 4.55 Å². The van der Waals surface area contributed by atoms with Crippen molar-refractivity contribution in [3.05, 3.63) is 29.8 Å². The molecule has 5 nitrogen and oxygen atoms in total. The number of aliphatic hydroxyl groups excluding tert-OH is 1. The molecule has 6 heteroatoms. The predicted molar refractivity (Wildman–Crippen MR) is 56.4 cm³/mol. The van der Waals surface area contributed by atoms with Crippen LogP contribution in [0.15, 0.2) is 24.3 Å². The van der Waals surface area contributed by atoms with E-state index >= 15 is 0 Å². The Morgan fingerprint density at radius 3 is 2.13 bits per heavy atom. The van der Waals surface area contributed by atoms with Gasteiger partial charge >= 0.3 is 0 Å². The van der Waals surface area contributed by atoms with Gasteiger partial charge in [-0.15, -0.1) is 0 Å². The minimum absolute atomic E-state index is 0.0318. The van der Waals surface area contributed by atoms with Crippen LogP contribution in [0.25, 0.3) is 0 Å². The minimum Gasteiger partial charge on any atom is -0.496 e. The highest BCUT2D eigenvalue weighted by atomic mass is 32.2. The molecule has 1 aromatic carbocycles. The summed E-state index contributed by atoms with van der Waals surface area (Å²) in [6.45, 7) is 0.0318. The van der Waals surface area contributed by atoms with Gasteiger partial charge in [0, 0.05) is 5.56 Å². The molecule has 0 bridgehead atoms. The third-order valence-corrected chi connectivity index (χ3v) is 1.36. The van der Waals surface area contributed by atoms with E-state index in [4.69, 9.17) is 14.4 Å². The van der Waals surface area contributed by atoms with Gasteiger partial charge in [-0.2, -0.15) is 8.42 Å². The van der Waals surface area contributed by atoms with Crippen molar-refractivity contribution >= 4 is 10.1 Å². The van der Waals surface area contributed by atoms with Crippen molar-refractivity contribution in [1.82, 2.24) is 0 Å². The topological polar surface area (TPSA) is 83.8 Å². The first-order valence-electron chi connectivity index (χ1n) is 4.03. The largest absolute Gasteiger partial charge is 0.496 e. The number of rotatable bonds is 2.